The second-order valence-corrected chi connectivity index (χ2v) is 7.57. The van der Waals surface area contributed by atoms with Gasteiger partial charge < -0.3 is 0 Å². The van der Waals surface area contributed by atoms with Crippen LogP contribution in [0.3, 0.4) is 0 Å². The minimum Gasteiger partial charge on any atom is -0.298 e. The van der Waals surface area contributed by atoms with E-state index in [0.29, 0.717) is 10.7 Å². The summed E-state index contributed by atoms with van der Waals surface area (Å²) in [5, 5.41) is 7.46. The summed E-state index contributed by atoms with van der Waals surface area (Å²) in [6.45, 7) is 2.11. The van der Waals surface area contributed by atoms with Gasteiger partial charge in [-0.05, 0) is 41.5 Å². The van der Waals surface area contributed by atoms with Gasteiger partial charge in [0.05, 0.1) is 10.6 Å². The van der Waals surface area contributed by atoms with Gasteiger partial charge in [0.1, 0.15) is 0 Å². The zero-order valence-corrected chi connectivity index (χ0v) is 14.4. The van der Waals surface area contributed by atoms with Gasteiger partial charge >= 0.3 is 0 Å². The number of nitrogens with zero attached hydrogens (tertiary/aromatic N) is 1. The van der Waals surface area contributed by atoms with Crippen molar-refractivity contribution in [3.8, 4) is 10.6 Å². The van der Waals surface area contributed by atoms with Crippen LogP contribution in [0.15, 0.2) is 52.1 Å². The first kappa shape index (κ1) is 15.3. The van der Waals surface area contributed by atoms with Crippen LogP contribution >= 0.6 is 34.4 Å². The molecule has 0 bridgehead atoms. The first-order valence-corrected chi connectivity index (χ1v) is 9.54. The lowest BCUT2D eigenvalue weighted by molar-refractivity contribution is 0.102. The Labute approximate surface area is 141 Å². The molecular formula is C16H14N2OS3. The quantitative estimate of drug-likeness (QED) is 0.643. The smallest absolute Gasteiger partial charge is 0.257 e. The Morgan fingerprint density at radius 1 is 1.23 bits per heavy atom. The van der Waals surface area contributed by atoms with Gasteiger partial charge in [0.15, 0.2) is 5.13 Å². The number of thiazole rings is 1. The standard InChI is InChI=1S/C16H14N2OS3/c1-2-20-12-7-5-11(6-8-12)15(19)18-16-17-13(10-22-16)14-4-3-9-21-14/h3-10H,2H2,1H3,(H,17,18,19). The van der Waals surface area contributed by atoms with E-state index in [4.69, 9.17) is 0 Å². The maximum Gasteiger partial charge on any atom is 0.257 e. The lowest BCUT2D eigenvalue weighted by Gasteiger charge is -2.03. The van der Waals surface area contributed by atoms with Crippen molar-refractivity contribution >= 4 is 45.5 Å². The van der Waals surface area contributed by atoms with Crippen LogP contribution in [0, 0.1) is 0 Å². The fourth-order valence-electron chi connectivity index (χ4n) is 1.91. The molecule has 0 aliphatic heterocycles. The molecule has 1 amide bonds. The number of hydrogen-bond donors (Lipinski definition) is 1. The van der Waals surface area contributed by atoms with Gasteiger partial charge in [-0.25, -0.2) is 4.98 Å². The van der Waals surface area contributed by atoms with Gasteiger partial charge in [-0.2, -0.15) is 0 Å². The van der Waals surface area contributed by atoms with Crippen LogP contribution in [0.5, 0.6) is 0 Å². The Morgan fingerprint density at radius 2 is 2.05 bits per heavy atom. The molecule has 2 heterocycles. The lowest BCUT2D eigenvalue weighted by atomic mass is 10.2. The van der Waals surface area contributed by atoms with Crippen molar-refractivity contribution in [3.63, 3.8) is 0 Å². The summed E-state index contributed by atoms with van der Waals surface area (Å²) in [5.74, 6) is 0.899. The molecule has 0 saturated carbocycles. The number of rotatable bonds is 5. The van der Waals surface area contributed by atoms with E-state index in [-0.39, 0.29) is 5.91 Å². The van der Waals surface area contributed by atoms with Crippen molar-refractivity contribution in [3.05, 3.63) is 52.7 Å². The third kappa shape index (κ3) is 3.58. The molecule has 2 aromatic heterocycles. The Bertz CT molecular complexity index is 748. The van der Waals surface area contributed by atoms with E-state index in [2.05, 4.69) is 17.2 Å². The molecule has 0 radical (unpaired) electrons. The zero-order valence-electron chi connectivity index (χ0n) is 11.9. The van der Waals surface area contributed by atoms with Gasteiger partial charge in [-0.1, -0.05) is 13.0 Å². The van der Waals surface area contributed by atoms with E-state index in [1.54, 1.807) is 23.1 Å². The molecule has 22 heavy (non-hydrogen) atoms. The number of thiophene rings is 1. The van der Waals surface area contributed by atoms with Gasteiger partial charge in [0, 0.05) is 15.8 Å². The molecule has 0 fully saturated rings. The highest BCUT2D eigenvalue weighted by molar-refractivity contribution is 7.99. The topological polar surface area (TPSA) is 42.0 Å². The number of benzene rings is 1. The van der Waals surface area contributed by atoms with Gasteiger partial charge in [0.25, 0.3) is 5.91 Å². The van der Waals surface area contributed by atoms with Gasteiger partial charge in [-0.15, -0.1) is 34.4 Å². The Morgan fingerprint density at radius 3 is 2.73 bits per heavy atom. The third-order valence-corrected chi connectivity index (χ3v) is 5.47. The lowest BCUT2D eigenvalue weighted by Crippen LogP contribution is -2.11. The van der Waals surface area contributed by atoms with Crippen LogP contribution in [-0.2, 0) is 0 Å². The molecule has 112 valence electrons. The van der Waals surface area contributed by atoms with E-state index in [0.717, 1.165) is 16.3 Å². The van der Waals surface area contributed by atoms with Crippen LogP contribution in [0.25, 0.3) is 10.6 Å². The number of nitrogens with one attached hydrogen (secondary N) is 1. The summed E-state index contributed by atoms with van der Waals surface area (Å²) in [5.41, 5.74) is 1.55. The number of amides is 1. The van der Waals surface area contributed by atoms with Crippen molar-refractivity contribution in [1.29, 1.82) is 0 Å². The molecule has 0 aliphatic carbocycles. The van der Waals surface area contributed by atoms with Crippen molar-refractivity contribution in [2.24, 2.45) is 0 Å². The molecule has 1 aromatic carbocycles. The predicted molar refractivity (Wildman–Crippen MR) is 96.2 cm³/mol. The summed E-state index contributed by atoms with van der Waals surface area (Å²) < 4.78 is 0. The second kappa shape index (κ2) is 7.09. The average Bonchev–Trinajstić information content (AvgIpc) is 3.19. The normalized spacial score (nSPS) is 10.6. The summed E-state index contributed by atoms with van der Waals surface area (Å²) >= 11 is 4.84. The maximum atomic E-state index is 12.2. The fraction of sp³-hybridized carbons (Fsp3) is 0.125. The average molecular weight is 347 g/mol. The fourth-order valence-corrected chi connectivity index (χ4v) is 4.04. The molecule has 0 spiro atoms. The molecule has 1 N–H and O–H groups in total. The summed E-state index contributed by atoms with van der Waals surface area (Å²) in [6.07, 6.45) is 0. The van der Waals surface area contributed by atoms with E-state index in [1.165, 1.54) is 16.2 Å². The SMILES string of the molecule is CCSc1ccc(C(=O)Nc2nc(-c3cccs3)cs2)cc1. The molecule has 0 atom stereocenters. The molecule has 3 aromatic rings. The number of aromatic nitrogens is 1. The van der Waals surface area contributed by atoms with Crippen molar-refractivity contribution in [1.82, 2.24) is 4.98 Å². The Balaban J connectivity index is 1.69. The number of anilines is 1. The monoisotopic (exact) mass is 346 g/mol. The molecular weight excluding hydrogens is 332 g/mol. The largest absolute Gasteiger partial charge is 0.298 e. The highest BCUT2D eigenvalue weighted by atomic mass is 32.2. The Hall–Kier alpha value is -1.63. The van der Waals surface area contributed by atoms with E-state index < -0.39 is 0 Å². The van der Waals surface area contributed by atoms with Crippen molar-refractivity contribution in [2.45, 2.75) is 11.8 Å². The van der Waals surface area contributed by atoms with Crippen LogP contribution < -0.4 is 5.32 Å². The van der Waals surface area contributed by atoms with Crippen LogP contribution in [0.4, 0.5) is 5.13 Å². The highest BCUT2D eigenvalue weighted by Gasteiger charge is 2.10. The summed E-state index contributed by atoms with van der Waals surface area (Å²) in [7, 11) is 0. The second-order valence-electron chi connectivity index (χ2n) is 4.43. The van der Waals surface area contributed by atoms with E-state index in [9.17, 15) is 4.79 Å². The summed E-state index contributed by atoms with van der Waals surface area (Å²) in [4.78, 5) is 19.0. The molecule has 6 heteroatoms. The molecule has 3 nitrogen and oxygen atoms in total. The third-order valence-electron chi connectivity index (χ3n) is 2.93. The minimum atomic E-state index is -0.125. The zero-order chi connectivity index (χ0) is 15.4. The van der Waals surface area contributed by atoms with Crippen molar-refractivity contribution < 1.29 is 4.79 Å². The number of carbonyl (C=O) groups excluding carboxylic acids is 1. The van der Waals surface area contributed by atoms with Gasteiger partial charge in [-0.3, -0.25) is 10.1 Å². The molecule has 0 aliphatic rings. The minimum absolute atomic E-state index is 0.125. The molecule has 0 saturated heterocycles. The maximum absolute atomic E-state index is 12.2. The van der Waals surface area contributed by atoms with Gasteiger partial charge in [0.2, 0.25) is 0 Å². The van der Waals surface area contributed by atoms with E-state index in [1.807, 2.05) is 47.2 Å². The molecule has 3 rings (SSSR count). The number of hydrogen-bond acceptors (Lipinski definition) is 5. The first-order valence-electron chi connectivity index (χ1n) is 6.80. The number of thioether (sulfide) groups is 1. The van der Waals surface area contributed by atoms with Crippen molar-refractivity contribution in [2.75, 3.05) is 11.1 Å². The Kier molecular flexibility index (Phi) is 4.92. The van der Waals surface area contributed by atoms with Crippen LogP contribution in [0.2, 0.25) is 0 Å². The van der Waals surface area contributed by atoms with Crippen LogP contribution in [0.1, 0.15) is 17.3 Å². The highest BCUT2D eigenvalue weighted by Crippen LogP contribution is 2.28. The van der Waals surface area contributed by atoms with E-state index >= 15 is 0 Å². The first-order chi connectivity index (χ1) is 10.8. The summed E-state index contributed by atoms with van der Waals surface area (Å²) in [6, 6.07) is 11.7. The number of carbonyl (C=O) groups is 1. The predicted octanol–water partition coefficient (Wildman–Crippen LogP) is 5.24. The molecule has 0 unspecified atom stereocenters. The van der Waals surface area contributed by atoms with Crippen LogP contribution in [-0.4, -0.2) is 16.6 Å².